The molecule has 0 bridgehead atoms. The lowest BCUT2D eigenvalue weighted by atomic mass is 9.88. The molecular formula is C29H27F3O4. The second-order valence-corrected chi connectivity index (χ2v) is 9.61. The van der Waals surface area contributed by atoms with Crippen LogP contribution in [0.1, 0.15) is 54.4 Å². The van der Waals surface area contributed by atoms with E-state index in [1.807, 2.05) is 36.4 Å². The first kappa shape index (κ1) is 24.2. The summed E-state index contributed by atoms with van der Waals surface area (Å²) >= 11 is 0. The Kier molecular flexibility index (Phi) is 6.65. The smallest absolute Gasteiger partial charge is 0.422 e. The number of fused-ring (bicyclic) bond motifs is 1. The molecule has 1 unspecified atom stereocenters. The van der Waals surface area contributed by atoms with E-state index in [0.717, 1.165) is 59.3 Å². The van der Waals surface area contributed by atoms with E-state index in [4.69, 9.17) is 9.47 Å². The number of carboxylic acids is 1. The van der Waals surface area contributed by atoms with E-state index < -0.39 is 18.8 Å². The molecule has 7 heteroatoms. The van der Waals surface area contributed by atoms with Crippen molar-refractivity contribution in [2.45, 2.75) is 50.3 Å². The van der Waals surface area contributed by atoms with Gasteiger partial charge in [0.25, 0.3) is 0 Å². The largest absolute Gasteiger partial charge is 0.485 e. The number of hydrogen-bond acceptors (Lipinski definition) is 3. The molecular weight excluding hydrogens is 469 g/mol. The molecule has 5 rings (SSSR count). The highest BCUT2D eigenvalue weighted by atomic mass is 19.4. The minimum Gasteiger partial charge on any atom is -0.485 e. The summed E-state index contributed by atoms with van der Waals surface area (Å²) in [5, 5.41) is 9.35. The fourth-order valence-electron chi connectivity index (χ4n) is 4.92. The lowest BCUT2D eigenvalue weighted by Crippen LogP contribution is -2.19. The van der Waals surface area contributed by atoms with Crippen molar-refractivity contribution in [3.8, 4) is 22.6 Å². The Bertz CT molecular complexity index is 1230. The first-order chi connectivity index (χ1) is 17.2. The van der Waals surface area contributed by atoms with Gasteiger partial charge in [-0.3, -0.25) is 4.79 Å². The maximum atomic E-state index is 12.5. The van der Waals surface area contributed by atoms with E-state index in [1.54, 1.807) is 12.1 Å². The van der Waals surface area contributed by atoms with Gasteiger partial charge in [-0.05, 0) is 83.5 Å². The van der Waals surface area contributed by atoms with Crippen molar-refractivity contribution in [2.75, 3.05) is 6.61 Å². The number of carbonyl (C=O) groups is 1. The van der Waals surface area contributed by atoms with E-state index in [1.165, 1.54) is 6.07 Å². The minimum atomic E-state index is -4.38. The third-order valence-corrected chi connectivity index (χ3v) is 6.90. The maximum Gasteiger partial charge on any atom is 0.422 e. The summed E-state index contributed by atoms with van der Waals surface area (Å²) < 4.78 is 48.6. The van der Waals surface area contributed by atoms with Crippen LogP contribution in [-0.4, -0.2) is 23.9 Å². The molecule has 1 heterocycles. The zero-order chi connectivity index (χ0) is 25.3. The molecule has 0 amide bonds. The van der Waals surface area contributed by atoms with Crippen LogP contribution in [0.2, 0.25) is 0 Å². The fourth-order valence-corrected chi connectivity index (χ4v) is 4.92. The molecule has 1 N–H and O–H groups in total. The molecule has 188 valence electrons. The van der Waals surface area contributed by atoms with Gasteiger partial charge < -0.3 is 14.6 Å². The first-order valence-electron chi connectivity index (χ1n) is 12.2. The molecule has 4 nitrogen and oxygen atoms in total. The Hall–Kier alpha value is -3.48. The fraction of sp³-hybridized carbons (Fsp3) is 0.345. The summed E-state index contributed by atoms with van der Waals surface area (Å²) in [5.74, 6) is 0.666. The number of alkyl halides is 3. The summed E-state index contributed by atoms with van der Waals surface area (Å²) in [6.07, 6.45) is -0.531. The van der Waals surface area contributed by atoms with Crippen molar-refractivity contribution in [1.29, 1.82) is 0 Å². The van der Waals surface area contributed by atoms with E-state index in [-0.39, 0.29) is 24.2 Å². The van der Waals surface area contributed by atoms with Crippen molar-refractivity contribution in [3.63, 3.8) is 0 Å². The van der Waals surface area contributed by atoms with Gasteiger partial charge in [0.15, 0.2) is 6.61 Å². The Morgan fingerprint density at radius 2 is 1.78 bits per heavy atom. The number of aryl methyl sites for hydroxylation is 1. The lowest BCUT2D eigenvalue weighted by molar-refractivity contribution is -0.153. The van der Waals surface area contributed by atoms with Gasteiger partial charge in [0, 0.05) is 0 Å². The topological polar surface area (TPSA) is 55.8 Å². The van der Waals surface area contributed by atoms with Gasteiger partial charge in [-0.25, -0.2) is 0 Å². The summed E-state index contributed by atoms with van der Waals surface area (Å²) in [4.78, 5) is 11.4. The van der Waals surface area contributed by atoms with Crippen LogP contribution in [-0.2, 0) is 11.2 Å². The Morgan fingerprint density at radius 3 is 2.47 bits per heavy atom. The molecule has 1 aliphatic carbocycles. The van der Waals surface area contributed by atoms with Gasteiger partial charge >= 0.3 is 12.1 Å². The summed E-state index contributed by atoms with van der Waals surface area (Å²) in [6, 6.07) is 20.6. The molecule has 3 aromatic carbocycles. The Morgan fingerprint density at radius 1 is 1.00 bits per heavy atom. The van der Waals surface area contributed by atoms with Gasteiger partial charge in [0.1, 0.15) is 17.6 Å². The van der Waals surface area contributed by atoms with Crippen LogP contribution in [0.15, 0.2) is 66.7 Å². The molecule has 1 saturated carbocycles. The van der Waals surface area contributed by atoms with Crippen LogP contribution >= 0.6 is 0 Å². The average molecular weight is 497 g/mol. The molecule has 36 heavy (non-hydrogen) atoms. The molecule has 2 aliphatic rings. The van der Waals surface area contributed by atoms with Gasteiger partial charge in [0.05, 0.1) is 6.42 Å². The molecule has 0 radical (unpaired) electrons. The van der Waals surface area contributed by atoms with Gasteiger partial charge in [-0.15, -0.1) is 0 Å². The zero-order valence-corrected chi connectivity index (χ0v) is 19.6. The van der Waals surface area contributed by atoms with Crippen molar-refractivity contribution in [2.24, 2.45) is 5.92 Å². The molecule has 3 aromatic rings. The Labute approximate surface area is 207 Å². The van der Waals surface area contributed by atoms with Crippen molar-refractivity contribution >= 4 is 5.97 Å². The molecule has 0 saturated heterocycles. The van der Waals surface area contributed by atoms with Crippen LogP contribution in [0.3, 0.4) is 0 Å². The second-order valence-electron chi connectivity index (χ2n) is 9.61. The minimum absolute atomic E-state index is 0.0203. The number of rotatable bonds is 8. The van der Waals surface area contributed by atoms with Crippen molar-refractivity contribution in [1.82, 2.24) is 0 Å². The molecule has 1 fully saturated rings. The summed E-state index contributed by atoms with van der Waals surface area (Å²) in [6.45, 7) is -1.32. The standard InChI is InChI=1S/C29H27F3O4/c30-29(31,32)17-35-24-3-1-2-22(14-24)18-4-8-20(9-5-18)26-13-12-21-10-11-23(15-27(21)36-26)25(16-28(33)34)19-6-7-19/h1-5,8-11,14-15,19,25-26H,6-7,12-13,16-17H2,(H,33,34)/t25-,26?/m0/s1. The number of carboxylic acid groups (broad SMARTS) is 1. The van der Waals surface area contributed by atoms with Crippen molar-refractivity contribution < 1.29 is 32.5 Å². The monoisotopic (exact) mass is 496 g/mol. The first-order valence-corrected chi connectivity index (χ1v) is 12.2. The van der Waals surface area contributed by atoms with Gasteiger partial charge in [-0.2, -0.15) is 13.2 Å². The van der Waals surface area contributed by atoms with E-state index in [9.17, 15) is 23.1 Å². The highest BCUT2D eigenvalue weighted by Crippen LogP contribution is 2.46. The quantitative estimate of drug-likeness (QED) is 0.355. The number of benzene rings is 3. The van der Waals surface area contributed by atoms with Gasteiger partial charge in [0.2, 0.25) is 0 Å². The van der Waals surface area contributed by atoms with E-state index in [0.29, 0.717) is 5.92 Å². The third-order valence-electron chi connectivity index (χ3n) is 6.90. The molecule has 2 atom stereocenters. The third kappa shape index (κ3) is 5.83. The van der Waals surface area contributed by atoms with Gasteiger partial charge in [-0.1, -0.05) is 48.5 Å². The Balaban J connectivity index is 1.30. The zero-order valence-electron chi connectivity index (χ0n) is 19.6. The van der Waals surface area contributed by atoms with E-state index in [2.05, 4.69) is 12.1 Å². The lowest BCUT2D eigenvalue weighted by Gasteiger charge is -2.28. The van der Waals surface area contributed by atoms with Crippen LogP contribution in [0.5, 0.6) is 11.5 Å². The molecule has 0 aromatic heterocycles. The second kappa shape index (κ2) is 9.88. The summed E-state index contributed by atoms with van der Waals surface area (Å²) in [5.41, 5.74) is 4.82. The van der Waals surface area contributed by atoms with Crippen LogP contribution in [0, 0.1) is 5.92 Å². The van der Waals surface area contributed by atoms with Crippen LogP contribution < -0.4 is 9.47 Å². The number of hydrogen-bond donors (Lipinski definition) is 1. The average Bonchev–Trinajstić information content (AvgIpc) is 3.71. The van der Waals surface area contributed by atoms with Crippen LogP contribution in [0.25, 0.3) is 11.1 Å². The normalized spacial score (nSPS) is 18.1. The maximum absolute atomic E-state index is 12.5. The SMILES string of the molecule is O=C(O)C[C@H](c1ccc2c(c1)OC(c1ccc(-c3cccc(OCC(F)(F)F)c3)cc1)CC2)C1CC1. The number of ether oxygens (including phenoxy) is 2. The van der Waals surface area contributed by atoms with Crippen LogP contribution in [0.4, 0.5) is 13.2 Å². The predicted octanol–water partition coefficient (Wildman–Crippen LogP) is 7.33. The number of halogens is 3. The van der Waals surface area contributed by atoms with Crippen molar-refractivity contribution in [3.05, 3.63) is 83.4 Å². The predicted molar refractivity (Wildman–Crippen MR) is 129 cm³/mol. The molecule has 1 aliphatic heterocycles. The molecule has 0 spiro atoms. The summed E-state index contributed by atoms with van der Waals surface area (Å²) in [7, 11) is 0. The van der Waals surface area contributed by atoms with E-state index >= 15 is 0 Å². The highest BCUT2D eigenvalue weighted by molar-refractivity contribution is 5.68. The number of aliphatic carboxylic acids is 1. The highest BCUT2D eigenvalue weighted by Gasteiger charge is 2.34.